The fourth-order valence-electron chi connectivity index (χ4n) is 9.01. The summed E-state index contributed by atoms with van der Waals surface area (Å²) < 4.78 is 16.9. The molecule has 0 aromatic rings. The van der Waals surface area contributed by atoms with Crippen molar-refractivity contribution in [3.8, 4) is 0 Å². The van der Waals surface area contributed by atoms with Gasteiger partial charge in [-0.1, -0.05) is 301 Å². The standard InChI is InChI=1S/C77H124O6/c1-4-7-10-13-16-19-22-25-28-29-30-31-32-33-34-35-36-37-38-39-40-41-42-43-44-45-46-47-50-52-55-58-61-64-67-70-76(79)82-73-74(83-77(80)71-68-65-62-59-56-53-49-27-24-21-18-15-12-9-6-3)72-81-75(78)69-66-63-60-57-54-51-48-26-23-20-17-14-11-8-5-2/h7,9-10,12,16,18-19,21,25,27-28,30-31,33-34,36-37,39-40,42-43,45-46,49-50,52,74H,4-6,8,11,13-15,17,20,22-24,26,29,32,35,38,41,44,47-48,51,53-73H2,1-3H3/b10-7-,12-9-,19-16-,21-18-,28-25-,31-30-,34-33-,37-36-,40-39-,43-42-,46-45-,49-27-,52-50-. The molecule has 1 unspecified atom stereocenters. The molecule has 0 aliphatic carbocycles. The van der Waals surface area contributed by atoms with Gasteiger partial charge in [-0.15, -0.1) is 0 Å². The quantitative estimate of drug-likeness (QED) is 0.0261. The lowest BCUT2D eigenvalue weighted by molar-refractivity contribution is -0.167. The predicted octanol–water partition coefficient (Wildman–Crippen LogP) is 23.7. The zero-order valence-corrected chi connectivity index (χ0v) is 53.7. The summed E-state index contributed by atoms with van der Waals surface area (Å²) >= 11 is 0. The van der Waals surface area contributed by atoms with Crippen LogP contribution in [-0.4, -0.2) is 37.2 Å². The molecule has 0 amide bonds. The molecule has 0 saturated heterocycles. The van der Waals surface area contributed by atoms with Crippen molar-refractivity contribution >= 4 is 17.9 Å². The number of esters is 3. The monoisotopic (exact) mass is 1140 g/mol. The summed E-state index contributed by atoms with van der Waals surface area (Å²) in [6.07, 6.45) is 101. The highest BCUT2D eigenvalue weighted by Gasteiger charge is 2.19. The van der Waals surface area contributed by atoms with Gasteiger partial charge in [-0.3, -0.25) is 14.4 Å². The molecule has 1 atom stereocenters. The molecule has 0 spiro atoms. The van der Waals surface area contributed by atoms with Crippen LogP contribution in [0.1, 0.15) is 290 Å². The molecule has 83 heavy (non-hydrogen) atoms. The molecule has 0 heterocycles. The number of rotatable bonds is 60. The molecule has 0 fully saturated rings. The third-order valence-electron chi connectivity index (χ3n) is 14.0. The van der Waals surface area contributed by atoms with Crippen LogP contribution in [0.4, 0.5) is 0 Å². The van der Waals surface area contributed by atoms with Crippen LogP contribution in [0.5, 0.6) is 0 Å². The maximum absolute atomic E-state index is 12.9. The van der Waals surface area contributed by atoms with E-state index in [1.165, 1.54) is 77.0 Å². The molecule has 6 heteroatoms. The first-order chi connectivity index (χ1) is 41.0. The molecule has 0 rings (SSSR count). The summed E-state index contributed by atoms with van der Waals surface area (Å²) in [5.41, 5.74) is 0. The second-order valence-electron chi connectivity index (χ2n) is 22.0. The fraction of sp³-hybridized carbons (Fsp3) is 0.623. The second kappa shape index (κ2) is 69.5. The van der Waals surface area contributed by atoms with E-state index < -0.39 is 6.10 Å². The lowest BCUT2D eigenvalue weighted by Crippen LogP contribution is -2.30. The van der Waals surface area contributed by atoms with E-state index in [1.54, 1.807) is 0 Å². The molecule has 6 nitrogen and oxygen atoms in total. The molecule has 0 radical (unpaired) electrons. The van der Waals surface area contributed by atoms with Crippen LogP contribution in [0.2, 0.25) is 0 Å². The first kappa shape index (κ1) is 78.0. The molecule has 0 saturated carbocycles. The maximum Gasteiger partial charge on any atom is 0.306 e. The minimum Gasteiger partial charge on any atom is -0.462 e. The van der Waals surface area contributed by atoms with E-state index in [0.717, 1.165) is 173 Å². The minimum absolute atomic E-state index is 0.0959. The average molecular weight is 1150 g/mol. The van der Waals surface area contributed by atoms with Gasteiger partial charge in [0.1, 0.15) is 13.2 Å². The Labute approximate surface area is 511 Å². The molecule has 0 N–H and O–H groups in total. The van der Waals surface area contributed by atoms with Gasteiger partial charge in [0.2, 0.25) is 0 Å². The Balaban J connectivity index is 4.35. The maximum atomic E-state index is 12.9. The van der Waals surface area contributed by atoms with Crippen molar-refractivity contribution in [1.82, 2.24) is 0 Å². The summed E-state index contributed by atoms with van der Waals surface area (Å²) in [5, 5.41) is 0. The van der Waals surface area contributed by atoms with Gasteiger partial charge in [0, 0.05) is 19.3 Å². The topological polar surface area (TPSA) is 78.9 Å². The second-order valence-corrected chi connectivity index (χ2v) is 22.0. The number of carbonyl (C=O) groups is 3. The summed E-state index contributed by atoms with van der Waals surface area (Å²) in [6, 6.07) is 0. The van der Waals surface area contributed by atoms with Crippen molar-refractivity contribution in [1.29, 1.82) is 0 Å². The molecular formula is C77H124O6. The van der Waals surface area contributed by atoms with Gasteiger partial charge in [-0.2, -0.15) is 0 Å². The zero-order valence-electron chi connectivity index (χ0n) is 53.7. The highest BCUT2D eigenvalue weighted by Crippen LogP contribution is 2.16. The lowest BCUT2D eigenvalue weighted by Gasteiger charge is -2.18. The molecule has 0 aromatic heterocycles. The molecule has 468 valence electrons. The van der Waals surface area contributed by atoms with E-state index in [2.05, 4.69) is 179 Å². The van der Waals surface area contributed by atoms with Crippen molar-refractivity contribution < 1.29 is 28.6 Å². The summed E-state index contributed by atoms with van der Waals surface area (Å²) in [7, 11) is 0. The number of ether oxygens (including phenoxy) is 3. The van der Waals surface area contributed by atoms with E-state index >= 15 is 0 Å². The van der Waals surface area contributed by atoms with Crippen LogP contribution in [0.15, 0.2) is 158 Å². The third-order valence-corrected chi connectivity index (χ3v) is 14.0. The van der Waals surface area contributed by atoms with Crippen LogP contribution in [0, 0.1) is 0 Å². The first-order valence-electron chi connectivity index (χ1n) is 34.0. The highest BCUT2D eigenvalue weighted by molar-refractivity contribution is 5.71. The Morgan fingerprint density at radius 1 is 0.253 bits per heavy atom. The number of unbranched alkanes of at least 4 members (excludes halogenated alkanes) is 23. The Bertz CT molecular complexity index is 1840. The van der Waals surface area contributed by atoms with Crippen molar-refractivity contribution in [3.63, 3.8) is 0 Å². The van der Waals surface area contributed by atoms with Crippen molar-refractivity contribution in [2.45, 2.75) is 297 Å². The van der Waals surface area contributed by atoms with Gasteiger partial charge in [-0.25, -0.2) is 0 Å². The zero-order chi connectivity index (χ0) is 59.9. The van der Waals surface area contributed by atoms with Crippen LogP contribution < -0.4 is 0 Å². The molecule has 0 aromatic carbocycles. The largest absolute Gasteiger partial charge is 0.462 e. The van der Waals surface area contributed by atoms with Crippen molar-refractivity contribution in [2.24, 2.45) is 0 Å². The Hall–Kier alpha value is -4.97. The highest BCUT2D eigenvalue weighted by atomic mass is 16.6. The number of hydrogen-bond donors (Lipinski definition) is 0. The SMILES string of the molecule is CC/C=C\C/C=C\C/C=C\C/C=C\C/C=C\C/C=C\C/C=C\C/C=C\C/C=C\C/C=C\CCCCCCC(=O)OCC(COC(=O)CCCCCCCCCCCCCCCCC)OC(=O)CCCCCCC/C=C\C/C=C\C/C=C\CC. The van der Waals surface area contributed by atoms with Gasteiger partial charge < -0.3 is 14.2 Å². The van der Waals surface area contributed by atoms with Gasteiger partial charge in [-0.05, 0) is 128 Å². The Morgan fingerprint density at radius 3 is 0.735 bits per heavy atom. The normalized spacial score (nSPS) is 13.1. The lowest BCUT2D eigenvalue weighted by atomic mass is 10.0. The van der Waals surface area contributed by atoms with Crippen LogP contribution >= 0.6 is 0 Å². The van der Waals surface area contributed by atoms with E-state index in [4.69, 9.17) is 14.2 Å². The predicted molar refractivity (Wildman–Crippen MR) is 362 cm³/mol. The molecule has 0 aliphatic rings. The minimum atomic E-state index is -0.804. The van der Waals surface area contributed by atoms with Gasteiger partial charge >= 0.3 is 17.9 Å². The Kier molecular flexibility index (Phi) is 65.4. The summed E-state index contributed by atoms with van der Waals surface area (Å²) in [4.78, 5) is 38.3. The van der Waals surface area contributed by atoms with E-state index in [1.807, 2.05) is 0 Å². The third kappa shape index (κ3) is 67.7. The first-order valence-corrected chi connectivity index (χ1v) is 34.0. The van der Waals surface area contributed by atoms with Gasteiger partial charge in [0.25, 0.3) is 0 Å². The molecule has 0 bridgehead atoms. The van der Waals surface area contributed by atoms with E-state index in [0.29, 0.717) is 19.3 Å². The van der Waals surface area contributed by atoms with Crippen LogP contribution in [0.25, 0.3) is 0 Å². The number of hydrogen-bond acceptors (Lipinski definition) is 6. The van der Waals surface area contributed by atoms with Crippen molar-refractivity contribution in [3.05, 3.63) is 158 Å². The fourth-order valence-corrected chi connectivity index (χ4v) is 9.01. The number of allylic oxidation sites excluding steroid dienone is 26. The van der Waals surface area contributed by atoms with Crippen LogP contribution in [-0.2, 0) is 28.6 Å². The molecular weight excluding hydrogens is 1020 g/mol. The van der Waals surface area contributed by atoms with E-state index in [-0.39, 0.29) is 31.1 Å². The van der Waals surface area contributed by atoms with Crippen molar-refractivity contribution in [2.75, 3.05) is 13.2 Å². The summed E-state index contributed by atoms with van der Waals surface area (Å²) in [6.45, 7) is 6.39. The number of carbonyl (C=O) groups excluding carboxylic acids is 3. The van der Waals surface area contributed by atoms with E-state index in [9.17, 15) is 14.4 Å². The summed E-state index contributed by atoms with van der Waals surface area (Å²) in [5.74, 6) is -0.937. The van der Waals surface area contributed by atoms with Gasteiger partial charge in [0.15, 0.2) is 6.10 Å². The Morgan fingerprint density at radius 2 is 0.470 bits per heavy atom. The average Bonchev–Trinajstić information content (AvgIpc) is 3.49. The van der Waals surface area contributed by atoms with Crippen LogP contribution in [0.3, 0.4) is 0 Å². The van der Waals surface area contributed by atoms with Gasteiger partial charge in [0.05, 0.1) is 0 Å². The smallest absolute Gasteiger partial charge is 0.306 e. The molecule has 0 aliphatic heterocycles.